The Labute approximate surface area is 147 Å². The van der Waals surface area contributed by atoms with Crippen molar-refractivity contribution in [2.24, 2.45) is 5.73 Å². The molecule has 0 unspecified atom stereocenters. The van der Waals surface area contributed by atoms with Crippen molar-refractivity contribution >= 4 is 18.0 Å². The predicted octanol–water partition coefficient (Wildman–Crippen LogP) is 1.35. The fourth-order valence-electron chi connectivity index (χ4n) is 1.79. The Balaban J connectivity index is 2.54. The molecule has 138 valence electrons. The molecule has 0 spiro atoms. The van der Waals surface area contributed by atoms with Gasteiger partial charge in [-0.1, -0.05) is 30.3 Å². The molecule has 2 amide bonds. The van der Waals surface area contributed by atoms with E-state index < -0.39 is 23.6 Å². The first-order valence-electron chi connectivity index (χ1n) is 7.88. The number of primary amides is 1. The van der Waals surface area contributed by atoms with E-state index in [4.69, 9.17) is 15.2 Å². The van der Waals surface area contributed by atoms with Crippen molar-refractivity contribution in [3.8, 4) is 0 Å². The van der Waals surface area contributed by atoms with Gasteiger partial charge in [-0.2, -0.15) is 0 Å². The standard InChI is InChI=1S/C17H25N3O5/c1-17(2,3)25-16(23)19-20(10-9-14(18)21)11-15(22)24-12-13-7-5-4-6-8-13/h4-8H,9-12H2,1-3H3,(H2,18,21)(H,19,23). The van der Waals surface area contributed by atoms with Crippen LogP contribution in [0.15, 0.2) is 30.3 Å². The Morgan fingerprint density at radius 1 is 1.16 bits per heavy atom. The van der Waals surface area contributed by atoms with E-state index in [1.54, 1.807) is 20.8 Å². The van der Waals surface area contributed by atoms with E-state index in [0.717, 1.165) is 5.56 Å². The molecule has 0 saturated heterocycles. The molecule has 0 bridgehead atoms. The third-order valence-electron chi connectivity index (χ3n) is 2.84. The van der Waals surface area contributed by atoms with Crippen molar-refractivity contribution in [3.05, 3.63) is 35.9 Å². The van der Waals surface area contributed by atoms with Crippen LogP contribution in [0.3, 0.4) is 0 Å². The molecule has 0 aromatic heterocycles. The zero-order valence-corrected chi connectivity index (χ0v) is 14.8. The number of carbonyl (C=O) groups excluding carboxylic acids is 3. The maximum absolute atomic E-state index is 12.0. The van der Waals surface area contributed by atoms with Gasteiger partial charge >= 0.3 is 12.1 Å². The molecule has 0 heterocycles. The molecule has 0 fully saturated rings. The monoisotopic (exact) mass is 351 g/mol. The fraction of sp³-hybridized carbons (Fsp3) is 0.471. The molecule has 8 heteroatoms. The Hall–Kier alpha value is -2.61. The number of hydrogen-bond donors (Lipinski definition) is 2. The van der Waals surface area contributed by atoms with Gasteiger partial charge in [-0.05, 0) is 26.3 Å². The summed E-state index contributed by atoms with van der Waals surface area (Å²) in [6, 6.07) is 9.20. The summed E-state index contributed by atoms with van der Waals surface area (Å²) in [5.74, 6) is -1.10. The SMILES string of the molecule is CC(C)(C)OC(=O)NN(CCC(N)=O)CC(=O)OCc1ccccc1. The highest BCUT2D eigenvalue weighted by Crippen LogP contribution is 2.07. The number of rotatable bonds is 8. The zero-order valence-electron chi connectivity index (χ0n) is 14.8. The van der Waals surface area contributed by atoms with Crippen LogP contribution in [0, 0.1) is 0 Å². The summed E-state index contributed by atoms with van der Waals surface area (Å²) in [5, 5.41) is 1.24. The van der Waals surface area contributed by atoms with Gasteiger partial charge in [0.05, 0.1) is 0 Å². The average Bonchev–Trinajstić information content (AvgIpc) is 2.49. The Morgan fingerprint density at radius 3 is 2.36 bits per heavy atom. The number of hydrogen-bond acceptors (Lipinski definition) is 6. The second-order valence-electron chi connectivity index (χ2n) is 6.40. The molecule has 1 rings (SSSR count). The molecule has 1 aromatic carbocycles. The quantitative estimate of drug-likeness (QED) is 0.540. The van der Waals surface area contributed by atoms with Gasteiger partial charge in [-0.3, -0.25) is 15.0 Å². The molecule has 0 radical (unpaired) electrons. The Kier molecular flexibility index (Phi) is 7.87. The third kappa shape index (κ3) is 9.98. The van der Waals surface area contributed by atoms with E-state index in [9.17, 15) is 14.4 Å². The summed E-state index contributed by atoms with van der Waals surface area (Å²) < 4.78 is 10.3. The topological polar surface area (TPSA) is 111 Å². The van der Waals surface area contributed by atoms with Crippen LogP contribution in [0.4, 0.5) is 4.79 Å². The second-order valence-corrected chi connectivity index (χ2v) is 6.40. The van der Waals surface area contributed by atoms with Crippen LogP contribution in [0.5, 0.6) is 0 Å². The number of ether oxygens (including phenoxy) is 2. The third-order valence-corrected chi connectivity index (χ3v) is 2.84. The molecular formula is C17H25N3O5. The number of esters is 1. The summed E-state index contributed by atoms with van der Waals surface area (Å²) in [6.07, 6.45) is -0.755. The van der Waals surface area contributed by atoms with Crippen LogP contribution < -0.4 is 11.2 Å². The smallest absolute Gasteiger partial charge is 0.422 e. The van der Waals surface area contributed by atoms with Gasteiger partial charge in [0.2, 0.25) is 5.91 Å². The predicted molar refractivity (Wildman–Crippen MR) is 91.0 cm³/mol. The van der Waals surface area contributed by atoms with E-state index in [0.29, 0.717) is 0 Å². The lowest BCUT2D eigenvalue weighted by atomic mass is 10.2. The van der Waals surface area contributed by atoms with E-state index in [1.807, 2.05) is 30.3 Å². The first-order valence-corrected chi connectivity index (χ1v) is 7.88. The van der Waals surface area contributed by atoms with Gasteiger partial charge in [0.15, 0.2) is 0 Å². The van der Waals surface area contributed by atoms with Crippen LogP contribution in [-0.4, -0.2) is 41.7 Å². The van der Waals surface area contributed by atoms with Crippen LogP contribution in [0.1, 0.15) is 32.8 Å². The molecule has 0 aliphatic rings. The number of benzene rings is 1. The van der Waals surface area contributed by atoms with Gasteiger partial charge in [0.1, 0.15) is 18.8 Å². The molecule has 0 aliphatic carbocycles. The van der Waals surface area contributed by atoms with E-state index >= 15 is 0 Å². The number of nitrogens with zero attached hydrogens (tertiary/aromatic N) is 1. The minimum Gasteiger partial charge on any atom is -0.460 e. The van der Waals surface area contributed by atoms with Crippen LogP contribution >= 0.6 is 0 Å². The molecule has 0 aliphatic heterocycles. The second kappa shape index (κ2) is 9.63. The van der Waals surface area contributed by atoms with Gasteiger partial charge in [-0.25, -0.2) is 9.80 Å². The van der Waals surface area contributed by atoms with Crippen molar-refractivity contribution < 1.29 is 23.9 Å². The van der Waals surface area contributed by atoms with Crippen LogP contribution in [0.2, 0.25) is 0 Å². The summed E-state index contributed by atoms with van der Waals surface area (Å²) in [4.78, 5) is 34.7. The van der Waals surface area contributed by atoms with Gasteiger partial charge in [-0.15, -0.1) is 0 Å². The summed E-state index contributed by atoms with van der Waals surface area (Å²) in [5.41, 5.74) is 7.69. The molecule has 3 N–H and O–H groups in total. The van der Waals surface area contributed by atoms with Crippen molar-refractivity contribution in [2.45, 2.75) is 39.4 Å². The highest BCUT2D eigenvalue weighted by molar-refractivity contribution is 5.75. The van der Waals surface area contributed by atoms with Crippen LogP contribution in [-0.2, 0) is 25.7 Å². The minimum absolute atomic E-state index is 0.0260. The number of hydrazine groups is 1. The van der Waals surface area contributed by atoms with Crippen molar-refractivity contribution in [1.82, 2.24) is 10.4 Å². The number of amides is 2. The molecular weight excluding hydrogens is 326 g/mol. The number of nitrogens with two attached hydrogens (primary N) is 1. The highest BCUT2D eigenvalue weighted by atomic mass is 16.6. The van der Waals surface area contributed by atoms with Gasteiger partial charge < -0.3 is 15.2 Å². The maximum atomic E-state index is 12.0. The Bertz CT molecular complexity index is 584. The van der Waals surface area contributed by atoms with Crippen molar-refractivity contribution in [1.29, 1.82) is 0 Å². The van der Waals surface area contributed by atoms with Gasteiger partial charge in [0, 0.05) is 13.0 Å². The van der Waals surface area contributed by atoms with E-state index in [-0.39, 0.29) is 26.1 Å². The van der Waals surface area contributed by atoms with Crippen molar-refractivity contribution in [3.63, 3.8) is 0 Å². The lowest BCUT2D eigenvalue weighted by molar-refractivity contribution is -0.147. The summed E-state index contributed by atoms with van der Waals surface area (Å²) >= 11 is 0. The number of carbonyl (C=O) groups is 3. The van der Waals surface area contributed by atoms with Gasteiger partial charge in [0.25, 0.3) is 0 Å². The van der Waals surface area contributed by atoms with Crippen molar-refractivity contribution in [2.75, 3.05) is 13.1 Å². The number of nitrogens with one attached hydrogen (secondary N) is 1. The normalized spacial score (nSPS) is 11.0. The molecule has 0 saturated carbocycles. The lowest BCUT2D eigenvalue weighted by Crippen LogP contribution is -2.48. The molecule has 1 aromatic rings. The minimum atomic E-state index is -0.729. The molecule has 25 heavy (non-hydrogen) atoms. The summed E-state index contributed by atoms with van der Waals surface area (Å²) in [7, 11) is 0. The first kappa shape index (κ1) is 20.4. The van der Waals surface area contributed by atoms with E-state index in [2.05, 4.69) is 5.43 Å². The largest absolute Gasteiger partial charge is 0.460 e. The zero-order chi connectivity index (χ0) is 18.9. The first-order chi connectivity index (χ1) is 11.7. The fourth-order valence-corrected chi connectivity index (χ4v) is 1.79. The maximum Gasteiger partial charge on any atom is 0.422 e. The van der Waals surface area contributed by atoms with E-state index in [1.165, 1.54) is 5.01 Å². The molecule has 0 atom stereocenters. The summed E-state index contributed by atoms with van der Waals surface area (Å²) in [6.45, 7) is 5.10. The lowest BCUT2D eigenvalue weighted by Gasteiger charge is -2.25. The molecule has 8 nitrogen and oxygen atoms in total. The Morgan fingerprint density at radius 2 is 1.80 bits per heavy atom. The average molecular weight is 351 g/mol. The highest BCUT2D eigenvalue weighted by Gasteiger charge is 2.20. The van der Waals surface area contributed by atoms with Crippen LogP contribution in [0.25, 0.3) is 0 Å².